The Labute approximate surface area is 119 Å². The van der Waals surface area contributed by atoms with Crippen molar-refractivity contribution in [1.29, 1.82) is 0 Å². The van der Waals surface area contributed by atoms with Gasteiger partial charge in [-0.1, -0.05) is 36.4 Å². The van der Waals surface area contributed by atoms with Crippen LogP contribution in [-0.4, -0.2) is 10.2 Å². The third kappa shape index (κ3) is 3.41. The van der Waals surface area contributed by atoms with Crippen LogP contribution >= 0.6 is 0 Å². The molecule has 1 saturated carbocycles. The predicted octanol–water partition coefficient (Wildman–Crippen LogP) is 4.22. The van der Waals surface area contributed by atoms with E-state index in [9.17, 15) is 10.2 Å². The molecule has 1 aliphatic rings. The maximum absolute atomic E-state index is 9.42. The number of benzene rings is 2. The Hall–Kier alpha value is -2.22. The molecule has 0 spiro atoms. The lowest BCUT2D eigenvalue weighted by molar-refractivity contribution is 0.450. The summed E-state index contributed by atoms with van der Waals surface area (Å²) < 4.78 is 0. The van der Waals surface area contributed by atoms with Gasteiger partial charge in [-0.3, -0.25) is 0 Å². The number of hydrogen-bond acceptors (Lipinski definition) is 2. The summed E-state index contributed by atoms with van der Waals surface area (Å²) in [5, 5.41) is 18.8. The van der Waals surface area contributed by atoms with E-state index in [0.29, 0.717) is 0 Å². The second-order valence-corrected chi connectivity index (χ2v) is 5.51. The molecule has 2 aromatic rings. The lowest BCUT2D eigenvalue weighted by atomic mass is 10.1. The van der Waals surface area contributed by atoms with Crippen LogP contribution in [0.2, 0.25) is 0 Å². The molecule has 2 aromatic carbocycles. The molecule has 0 aromatic heterocycles. The van der Waals surface area contributed by atoms with Crippen molar-refractivity contribution in [3.05, 3.63) is 59.2 Å². The fraction of sp³-hybridized carbons (Fsp3) is 0.222. The standard InChI is InChI=1S/C18H18O2/c19-17-10-16(11-18(20)12-17)8-3-13-1-4-14(5-2-13)9-15-6-7-15/h1-5,8,10-12,15,19-20H,6-7,9H2/b8-3+. The van der Waals surface area contributed by atoms with Gasteiger partial charge in [0, 0.05) is 6.07 Å². The molecule has 2 heteroatoms. The van der Waals surface area contributed by atoms with Crippen LogP contribution in [0, 0.1) is 5.92 Å². The van der Waals surface area contributed by atoms with Crippen molar-refractivity contribution in [3.8, 4) is 11.5 Å². The van der Waals surface area contributed by atoms with Gasteiger partial charge in [0.25, 0.3) is 0 Å². The molecule has 0 heterocycles. The Balaban J connectivity index is 1.70. The predicted molar refractivity (Wildman–Crippen MR) is 81.6 cm³/mol. The average Bonchev–Trinajstić information content (AvgIpc) is 3.21. The number of aromatic hydroxyl groups is 2. The molecule has 0 amide bonds. The summed E-state index contributed by atoms with van der Waals surface area (Å²) in [6, 6.07) is 13.1. The lowest BCUT2D eigenvalue weighted by Gasteiger charge is -2.01. The largest absolute Gasteiger partial charge is 0.508 e. The molecule has 20 heavy (non-hydrogen) atoms. The normalized spacial score (nSPS) is 14.8. The molecular formula is C18H18O2. The summed E-state index contributed by atoms with van der Waals surface area (Å²) in [7, 11) is 0. The van der Waals surface area contributed by atoms with E-state index in [2.05, 4.69) is 24.3 Å². The molecule has 0 atom stereocenters. The minimum atomic E-state index is 0.0735. The zero-order valence-electron chi connectivity index (χ0n) is 11.3. The topological polar surface area (TPSA) is 40.5 Å². The Morgan fingerprint density at radius 3 is 2.05 bits per heavy atom. The Morgan fingerprint density at radius 1 is 0.850 bits per heavy atom. The smallest absolute Gasteiger partial charge is 0.119 e. The first-order valence-corrected chi connectivity index (χ1v) is 6.99. The van der Waals surface area contributed by atoms with Crippen molar-refractivity contribution in [2.45, 2.75) is 19.3 Å². The van der Waals surface area contributed by atoms with Gasteiger partial charge in [-0.05, 0) is 54.0 Å². The Morgan fingerprint density at radius 2 is 1.45 bits per heavy atom. The van der Waals surface area contributed by atoms with Gasteiger partial charge >= 0.3 is 0 Å². The van der Waals surface area contributed by atoms with E-state index in [0.717, 1.165) is 17.0 Å². The van der Waals surface area contributed by atoms with Crippen molar-refractivity contribution in [1.82, 2.24) is 0 Å². The zero-order chi connectivity index (χ0) is 13.9. The van der Waals surface area contributed by atoms with Crippen LogP contribution in [0.1, 0.15) is 29.5 Å². The summed E-state index contributed by atoms with van der Waals surface area (Å²) in [4.78, 5) is 0. The number of phenols is 2. The molecule has 2 nitrogen and oxygen atoms in total. The van der Waals surface area contributed by atoms with Crippen LogP contribution in [-0.2, 0) is 6.42 Å². The SMILES string of the molecule is Oc1cc(O)cc(/C=C/c2ccc(CC3CC3)cc2)c1. The van der Waals surface area contributed by atoms with Gasteiger partial charge in [0.05, 0.1) is 0 Å². The molecule has 3 rings (SSSR count). The van der Waals surface area contributed by atoms with Crippen LogP contribution in [0.25, 0.3) is 12.2 Å². The quantitative estimate of drug-likeness (QED) is 0.813. The Kier molecular flexibility index (Phi) is 3.46. The van der Waals surface area contributed by atoms with E-state index in [1.54, 1.807) is 12.1 Å². The summed E-state index contributed by atoms with van der Waals surface area (Å²) in [6.07, 6.45) is 7.82. The van der Waals surface area contributed by atoms with Crippen LogP contribution in [0.15, 0.2) is 42.5 Å². The summed E-state index contributed by atoms with van der Waals surface area (Å²) in [5.74, 6) is 1.06. The van der Waals surface area contributed by atoms with E-state index in [1.165, 1.54) is 30.9 Å². The van der Waals surface area contributed by atoms with Gasteiger partial charge in [0.15, 0.2) is 0 Å². The van der Waals surface area contributed by atoms with Crippen LogP contribution in [0.5, 0.6) is 11.5 Å². The zero-order valence-corrected chi connectivity index (χ0v) is 11.3. The maximum atomic E-state index is 9.42. The van der Waals surface area contributed by atoms with E-state index in [1.807, 2.05) is 12.2 Å². The van der Waals surface area contributed by atoms with Gasteiger partial charge in [0.1, 0.15) is 11.5 Å². The summed E-state index contributed by atoms with van der Waals surface area (Å²) in [6.45, 7) is 0. The van der Waals surface area contributed by atoms with Crippen molar-refractivity contribution < 1.29 is 10.2 Å². The molecule has 2 N–H and O–H groups in total. The number of rotatable bonds is 4. The molecule has 0 unspecified atom stereocenters. The maximum Gasteiger partial charge on any atom is 0.119 e. The highest BCUT2D eigenvalue weighted by atomic mass is 16.3. The lowest BCUT2D eigenvalue weighted by Crippen LogP contribution is -1.86. The van der Waals surface area contributed by atoms with Crippen molar-refractivity contribution in [3.63, 3.8) is 0 Å². The van der Waals surface area contributed by atoms with Crippen molar-refractivity contribution >= 4 is 12.2 Å². The monoisotopic (exact) mass is 266 g/mol. The van der Waals surface area contributed by atoms with E-state index in [4.69, 9.17) is 0 Å². The molecule has 0 saturated heterocycles. The van der Waals surface area contributed by atoms with Gasteiger partial charge in [-0.15, -0.1) is 0 Å². The van der Waals surface area contributed by atoms with Crippen LogP contribution in [0.3, 0.4) is 0 Å². The van der Waals surface area contributed by atoms with Crippen molar-refractivity contribution in [2.24, 2.45) is 5.92 Å². The van der Waals surface area contributed by atoms with Crippen molar-refractivity contribution in [2.75, 3.05) is 0 Å². The van der Waals surface area contributed by atoms with Gasteiger partial charge < -0.3 is 10.2 Å². The molecule has 102 valence electrons. The molecule has 0 aliphatic heterocycles. The molecule has 0 radical (unpaired) electrons. The fourth-order valence-corrected chi connectivity index (χ4v) is 2.33. The fourth-order valence-electron chi connectivity index (χ4n) is 2.33. The highest BCUT2D eigenvalue weighted by molar-refractivity contribution is 5.71. The third-order valence-corrected chi connectivity index (χ3v) is 3.59. The Bertz CT molecular complexity index is 602. The first-order chi connectivity index (χ1) is 9.69. The van der Waals surface area contributed by atoms with Gasteiger partial charge in [-0.2, -0.15) is 0 Å². The molecule has 0 bridgehead atoms. The van der Waals surface area contributed by atoms with E-state index >= 15 is 0 Å². The second-order valence-electron chi connectivity index (χ2n) is 5.51. The second kappa shape index (κ2) is 5.41. The average molecular weight is 266 g/mol. The molecule has 1 fully saturated rings. The first kappa shape index (κ1) is 12.8. The third-order valence-electron chi connectivity index (χ3n) is 3.59. The van der Waals surface area contributed by atoms with Gasteiger partial charge in [0.2, 0.25) is 0 Å². The van der Waals surface area contributed by atoms with E-state index < -0.39 is 0 Å². The minimum absolute atomic E-state index is 0.0735. The first-order valence-electron chi connectivity index (χ1n) is 6.99. The summed E-state index contributed by atoms with van der Waals surface area (Å²) >= 11 is 0. The molecule has 1 aliphatic carbocycles. The van der Waals surface area contributed by atoms with Crippen LogP contribution < -0.4 is 0 Å². The minimum Gasteiger partial charge on any atom is -0.508 e. The van der Waals surface area contributed by atoms with Gasteiger partial charge in [-0.25, -0.2) is 0 Å². The number of hydrogen-bond donors (Lipinski definition) is 2. The molecular weight excluding hydrogens is 248 g/mol. The van der Waals surface area contributed by atoms with Crippen LogP contribution in [0.4, 0.5) is 0 Å². The number of phenolic OH excluding ortho intramolecular Hbond substituents is 2. The summed E-state index contributed by atoms with van der Waals surface area (Å²) in [5.41, 5.74) is 3.30. The highest BCUT2D eigenvalue weighted by Crippen LogP contribution is 2.32. The highest BCUT2D eigenvalue weighted by Gasteiger charge is 2.20. The van der Waals surface area contributed by atoms with E-state index in [-0.39, 0.29) is 11.5 Å².